The first kappa shape index (κ1) is 26.4. The van der Waals surface area contributed by atoms with Crippen molar-refractivity contribution in [2.45, 2.75) is 44.8 Å². The van der Waals surface area contributed by atoms with Crippen LogP contribution in [-0.2, 0) is 14.8 Å². The van der Waals surface area contributed by atoms with E-state index in [1.807, 2.05) is 13.8 Å². The molecule has 2 rings (SSSR count). The lowest BCUT2D eigenvalue weighted by Gasteiger charge is -2.22. The second-order valence-electron chi connectivity index (χ2n) is 8.13. The van der Waals surface area contributed by atoms with Crippen LogP contribution in [0.2, 0.25) is 0 Å². The number of carboxylic acid groups (broad SMARTS) is 1. The molecule has 0 aliphatic rings. The topological polar surface area (TPSA) is 128 Å². The number of halogens is 1. The van der Waals surface area contributed by atoms with E-state index in [1.54, 1.807) is 24.3 Å². The number of carboxylic acids is 1. The van der Waals surface area contributed by atoms with Crippen LogP contribution in [0.1, 0.15) is 43.9 Å². The summed E-state index contributed by atoms with van der Waals surface area (Å²) in [5, 5.41) is 28.8. The van der Waals surface area contributed by atoms with Gasteiger partial charge in [0, 0.05) is 19.0 Å². The minimum absolute atomic E-state index is 0.133. The average Bonchev–Trinajstić information content (AvgIpc) is 2.70. The minimum Gasteiger partial charge on any atom is -0.481 e. The fourth-order valence-corrected chi connectivity index (χ4v) is 3.66. The van der Waals surface area contributed by atoms with Crippen LogP contribution in [0.3, 0.4) is 0 Å². The van der Waals surface area contributed by atoms with E-state index in [0.29, 0.717) is 22.4 Å². The highest BCUT2D eigenvalue weighted by molar-refractivity contribution is 7.92. The minimum atomic E-state index is -3.59. The average molecular weight is 481 g/mol. The number of rotatable bonds is 10. The van der Waals surface area contributed by atoms with E-state index in [0.717, 1.165) is 10.6 Å². The molecule has 0 radical (unpaired) electrons. The van der Waals surface area contributed by atoms with E-state index < -0.39 is 40.4 Å². The number of carbonyl (C=O) groups is 1. The lowest BCUT2D eigenvalue weighted by molar-refractivity contribution is -0.139. The van der Waals surface area contributed by atoms with Crippen LogP contribution in [0.15, 0.2) is 36.4 Å². The summed E-state index contributed by atoms with van der Waals surface area (Å²) in [4.78, 5) is 15.3. The zero-order chi connectivity index (χ0) is 24.9. The number of aliphatic carboxylic acids is 1. The molecule has 2 aromatic rings. The van der Waals surface area contributed by atoms with Crippen LogP contribution in [0.5, 0.6) is 0 Å². The van der Waals surface area contributed by atoms with Gasteiger partial charge in [0.05, 0.1) is 30.6 Å². The molecule has 0 unspecified atom stereocenters. The van der Waals surface area contributed by atoms with Gasteiger partial charge < -0.3 is 15.3 Å². The van der Waals surface area contributed by atoms with Crippen molar-refractivity contribution in [3.63, 3.8) is 0 Å². The fourth-order valence-electron chi connectivity index (χ4n) is 3.23. The van der Waals surface area contributed by atoms with Crippen molar-refractivity contribution in [1.29, 1.82) is 0 Å². The van der Waals surface area contributed by atoms with Gasteiger partial charge in [-0.3, -0.25) is 9.10 Å². The van der Waals surface area contributed by atoms with Gasteiger partial charge >= 0.3 is 5.97 Å². The van der Waals surface area contributed by atoms with Gasteiger partial charge in [-0.15, -0.1) is 0 Å². The first-order chi connectivity index (χ1) is 15.3. The highest BCUT2D eigenvalue weighted by atomic mass is 32.2. The van der Waals surface area contributed by atoms with Gasteiger partial charge in [-0.25, -0.2) is 17.8 Å². The van der Waals surface area contributed by atoms with Crippen molar-refractivity contribution >= 4 is 27.9 Å². The molecule has 180 valence electrons. The molecule has 8 nitrogen and oxygen atoms in total. The predicted molar refractivity (Wildman–Crippen MR) is 125 cm³/mol. The lowest BCUT2D eigenvalue weighted by atomic mass is 9.93. The monoisotopic (exact) mass is 480 g/mol. The number of anilines is 1. The highest BCUT2D eigenvalue weighted by Crippen LogP contribution is 2.34. The summed E-state index contributed by atoms with van der Waals surface area (Å²) in [7, 11) is -2.20. The van der Waals surface area contributed by atoms with Gasteiger partial charge in [-0.1, -0.05) is 38.1 Å². The molecular weight excluding hydrogens is 451 g/mol. The summed E-state index contributed by atoms with van der Waals surface area (Å²) < 4.78 is 38.8. The normalized spacial score (nSPS) is 13.9. The van der Waals surface area contributed by atoms with Gasteiger partial charge in [-0.05, 0) is 35.2 Å². The molecule has 1 aromatic carbocycles. The van der Waals surface area contributed by atoms with Crippen LogP contribution in [0, 0.1) is 5.82 Å². The van der Waals surface area contributed by atoms with Crippen molar-refractivity contribution < 1.29 is 32.9 Å². The van der Waals surface area contributed by atoms with Crippen molar-refractivity contribution in [3.8, 4) is 11.1 Å². The Balaban J connectivity index is 2.61. The molecule has 0 saturated carbocycles. The van der Waals surface area contributed by atoms with Gasteiger partial charge in [0.1, 0.15) is 11.6 Å². The third-order valence-corrected chi connectivity index (χ3v) is 6.19. The Bertz CT molecular complexity index is 1120. The van der Waals surface area contributed by atoms with Crippen LogP contribution in [0.4, 0.5) is 10.2 Å². The zero-order valence-electron chi connectivity index (χ0n) is 18.9. The quantitative estimate of drug-likeness (QED) is 0.477. The SMILES string of the molecule is CC(C)c1nc(N(C)S(C)(=O)=O)cc(-c2ccc(F)cc2)c1/C=C/[C@@H](O)C[C@@H](O)CC(=O)O. The Morgan fingerprint density at radius 1 is 1.21 bits per heavy atom. The number of nitrogens with zero attached hydrogens (tertiary/aromatic N) is 2. The van der Waals surface area contributed by atoms with E-state index in [4.69, 9.17) is 5.11 Å². The lowest BCUT2D eigenvalue weighted by Crippen LogP contribution is -2.26. The molecule has 0 aliphatic heterocycles. The smallest absolute Gasteiger partial charge is 0.305 e. The Labute approximate surface area is 193 Å². The van der Waals surface area contributed by atoms with Crippen molar-refractivity contribution in [1.82, 2.24) is 4.98 Å². The molecule has 0 amide bonds. The summed E-state index contributed by atoms with van der Waals surface area (Å²) in [6, 6.07) is 7.27. The van der Waals surface area contributed by atoms with E-state index >= 15 is 0 Å². The maximum Gasteiger partial charge on any atom is 0.305 e. The van der Waals surface area contributed by atoms with Crippen molar-refractivity contribution in [2.24, 2.45) is 0 Å². The molecule has 10 heteroatoms. The van der Waals surface area contributed by atoms with Gasteiger partial charge in [0.15, 0.2) is 0 Å². The third kappa shape index (κ3) is 7.34. The zero-order valence-corrected chi connectivity index (χ0v) is 19.8. The van der Waals surface area contributed by atoms with Crippen molar-refractivity contribution in [2.75, 3.05) is 17.6 Å². The van der Waals surface area contributed by atoms with Crippen molar-refractivity contribution in [3.05, 3.63) is 53.5 Å². The van der Waals surface area contributed by atoms with E-state index in [1.165, 1.54) is 25.3 Å². The summed E-state index contributed by atoms with van der Waals surface area (Å²) in [6.07, 6.45) is 1.08. The second-order valence-corrected chi connectivity index (χ2v) is 10.1. The molecule has 0 aliphatic carbocycles. The number of benzene rings is 1. The molecule has 0 spiro atoms. The molecule has 3 N–H and O–H groups in total. The third-order valence-electron chi connectivity index (χ3n) is 5.01. The summed E-state index contributed by atoms with van der Waals surface area (Å²) in [5.41, 5.74) is 2.34. The first-order valence-corrected chi connectivity index (χ1v) is 12.1. The van der Waals surface area contributed by atoms with E-state index in [-0.39, 0.29) is 18.2 Å². The molecule has 0 fully saturated rings. The molecule has 1 aromatic heterocycles. The highest BCUT2D eigenvalue weighted by Gasteiger charge is 2.21. The fraction of sp³-hybridized carbons (Fsp3) is 0.391. The second kappa shape index (κ2) is 10.9. The number of aliphatic hydroxyl groups excluding tert-OH is 2. The van der Waals surface area contributed by atoms with E-state index in [9.17, 15) is 27.8 Å². The largest absolute Gasteiger partial charge is 0.481 e. The molecule has 0 bridgehead atoms. The predicted octanol–water partition coefficient (Wildman–Crippen LogP) is 3.01. The molecule has 2 atom stereocenters. The first-order valence-electron chi connectivity index (χ1n) is 10.3. The summed E-state index contributed by atoms with van der Waals surface area (Å²) in [5.74, 6) is -1.54. The standard InChI is InChI=1S/C23H29FN2O6S/c1-14(2)23-19(10-9-17(27)11-18(28)12-22(29)30)20(15-5-7-16(24)8-6-15)13-21(25-23)26(3)33(4,31)32/h5-10,13-14,17-18,27-28H,11-12H2,1-4H3,(H,29,30)/b10-9+/t17-,18-/m1/s1. The Morgan fingerprint density at radius 3 is 2.33 bits per heavy atom. The Morgan fingerprint density at radius 2 is 1.82 bits per heavy atom. The number of pyridine rings is 1. The number of hydrogen-bond donors (Lipinski definition) is 3. The molecule has 1 heterocycles. The number of hydrogen-bond acceptors (Lipinski definition) is 6. The Hall–Kier alpha value is -2.82. The van der Waals surface area contributed by atoms with Gasteiger partial charge in [0.25, 0.3) is 0 Å². The molecule has 0 saturated heterocycles. The maximum absolute atomic E-state index is 13.5. The van der Waals surface area contributed by atoms with Crippen LogP contribution in [0.25, 0.3) is 17.2 Å². The maximum atomic E-state index is 13.5. The summed E-state index contributed by atoms with van der Waals surface area (Å²) >= 11 is 0. The van der Waals surface area contributed by atoms with Gasteiger partial charge in [-0.2, -0.15) is 0 Å². The number of aliphatic hydroxyl groups is 2. The number of sulfonamides is 1. The van der Waals surface area contributed by atoms with Crippen LogP contribution in [-0.4, -0.2) is 60.2 Å². The van der Waals surface area contributed by atoms with Crippen LogP contribution >= 0.6 is 0 Å². The van der Waals surface area contributed by atoms with Crippen LogP contribution < -0.4 is 4.31 Å². The summed E-state index contributed by atoms with van der Waals surface area (Å²) in [6.45, 7) is 3.76. The van der Waals surface area contributed by atoms with Gasteiger partial charge in [0.2, 0.25) is 10.0 Å². The molecular formula is C23H29FN2O6S. The molecule has 33 heavy (non-hydrogen) atoms. The van der Waals surface area contributed by atoms with E-state index in [2.05, 4.69) is 4.98 Å². The Kier molecular flexibility index (Phi) is 8.70. The number of aromatic nitrogens is 1.